The molecule has 172 valence electrons. The number of rotatable bonds is 4. The smallest absolute Gasteiger partial charge is 0.416 e. The molecule has 1 amide bonds. The zero-order chi connectivity index (χ0) is 23.8. The molecule has 0 N–H and O–H groups in total. The molecule has 4 rings (SSSR count). The van der Waals surface area contributed by atoms with Crippen molar-refractivity contribution in [2.75, 3.05) is 13.1 Å². The van der Waals surface area contributed by atoms with Gasteiger partial charge in [-0.15, -0.1) is 10.2 Å². The van der Waals surface area contributed by atoms with E-state index in [1.807, 2.05) is 0 Å². The van der Waals surface area contributed by atoms with Crippen LogP contribution in [-0.2, 0) is 6.18 Å². The number of carbonyl (C=O) groups excluding carboxylic acids is 1. The van der Waals surface area contributed by atoms with Gasteiger partial charge in [-0.2, -0.15) is 13.2 Å². The maximum atomic E-state index is 12.9. The first-order valence-electron chi connectivity index (χ1n) is 9.87. The summed E-state index contributed by atoms with van der Waals surface area (Å²) in [4.78, 5) is 24.9. The predicted octanol–water partition coefficient (Wildman–Crippen LogP) is 5.34. The van der Waals surface area contributed by atoms with Crippen LogP contribution in [0.4, 0.5) is 18.9 Å². The summed E-state index contributed by atoms with van der Waals surface area (Å²) in [5, 5.41) is 19.0. The van der Waals surface area contributed by atoms with Gasteiger partial charge in [-0.1, -0.05) is 11.6 Å². The Morgan fingerprint density at radius 1 is 1.18 bits per heavy atom. The molecule has 2 aromatic carbocycles. The highest BCUT2D eigenvalue weighted by Crippen LogP contribution is 2.33. The van der Waals surface area contributed by atoms with Crippen LogP contribution in [0.1, 0.15) is 40.6 Å². The predicted molar refractivity (Wildman–Crippen MR) is 111 cm³/mol. The molecule has 1 unspecified atom stereocenters. The summed E-state index contributed by atoms with van der Waals surface area (Å²) in [7, 11) is 0. The summed E-state index contributed by atoms with van der Waals surface area (Å²) < 4.78 is 43.9. The summed E-state index contributed by atoms with van der Waals surface area (Å²) in [5.74, 6) is -0.317. The molecule has 0 radical (unpaired) electrons. The van der Waals surface area contributed by atoms with Crippen LogP contribution >= 0.6 is 11.6 Å². The largest absolute Gasteiger partial charge is 0.420 e. The molecule has 0 aliphatic carbocycles. The van der Waals surface area contributed by atoms with Crippen molar-refractivity contribution >= 4 is 23.2 Å². The van der Waals surface area contributed by atoms with Gasteiger partial charge in [0.15, 0.2) is 0 Å². The number of aromatic nitrogens is 2. The second-order valence-electron chi connectivity index (χ2n) is 7.53. The van der Waals surface area contributed by atoms with Gasteiger partial charge in [0.2, 0.25) is 11.8 Å². The van der Waals surface area contributed by atoms with Crippen molar-refractivity contribution in [2.45, 2.75) is 24.9 Å². The molecule has 33 heavy (non-hydrogen) atoms. The summed E-state index contributed by atoms with van der Waals surface area (Å²) in [6.45, 7) is 0.704. The normalized spacial score (nSPS) is 16.6. The van der Waals surface area contributed by atoms with Crippen molar-refractivity contribution in [1.82, 2.24) is 15.1 Å². The zero-order valence-corrected chi connectivity index (χ0v) is 17.6. The summed E-state index contributed by atoms with van der Waals surface area (Å²) in [6.07, 6.45) is -3.13. The van der Waals surface area contributed by atoms with Gasteiger partial charge < -0.3 is 9.32 Å². The highest BCUT2D eigenvalue weighted by Gasteiger charge is 2.31. The highest BCUT2D eigenvalue weighted by molar-refractivity contribution is 6.32. The van der Waals surface area contributed by atoms with Crippen molar-refractivity contribution < 1.29 is 27.3 Å². The minimum atomic E-state index is -4.44. The molecular formula is C21H16ClF3N4O4. The minimum absolute atomic E-state index is 0.0604. The van der Waals surface area contributed by atoms with E-state index >= 15 is 0 Å². The van der Waals surface area contributed by atoms with Crippen molar-refractivity contribution in [2.24, 2.45) is 0 Å². The molecule has 12 heteroatoms. The topological polar surface area (TPSA) is 102 Å². The van der Waals surface area contributed by atoms with Gasteiger partial charge in [-0.05, 0) is 49.2 Å². The van der Waals surface area contributed by atoms with Gasteiger partial charge in [-0.25, -0.2) is 0 Å². The SMILES string of the molecule is O=C(c1ccc(Cl)c([N+](=O)[O-])c1)N1CCCC(c2nnc(-c3ccc(C(F)(F)F)cc3)o2)C1. The van der Waals surface area contributed by atoms with Crippen LogP contribution in [0.3, 0.4) is 0 Å². The molecule has 1 aliphatic heterocycles. The molecule has 1 fully saturated rings. The average Bonchev–Trinajstić information content (AvgIpc) is 3.29. The lowest BCUT2D eigenvalue weighted by atomic mass is 9.97. The summed E-state index contributed by atoms with van der Waals surface area (Å²) in [6, 6.07) is 8.26. The first kappa shape index (κ1) is 22.7. The van der Waals surface area contributed by atoms with Crippen LogP contribution in [0.2, 0.25) is 5.02 Å². The number of likely N-dealkylation sites (tertiary alicyclic amines) is 1. The first-order valence-corrected chi connectivity index (χ1v) is 10.3. The molecule has 1 atom stereocenters. The van der Waals surface area contributed by atoms with Crippen LogP contribution in [0.25, 0.3) is 11.5 Å². The molecule has 1 aliphatic rings. The van der Waals surface area contributed by atoms with Gasteiger partial charge in [0.1, 0.15) is 5.02 Å². The van der Waals surface area contributed by atoms with E-state index in [0.29, 0.717) is 24.9 Å². The first-order chi connectivity index (χ1) is 15.6. The molecule has 0 bridgehead atoms. The van der Waals surface area contributed by atoms with Crippen molar-refractivity contribution in [1.29, 1.82) is 0 Å². The minimum Gasteiger partial charge on any atom is -0.420 e. The Labute approximate surface area is 190 Å². The van der Waals surface area contributed by atoms with Crippen molar-refractivity contribution in [3.05, 3.63) is 74.6 Å². The van der Waals surface area contributed by atoms with E-state index in [4.69, 9.17) is 16.0 Å². The Morgan fingerprint density at radius 3 is 2.58 bits per heavy atom. The van der Waals surface area contributed by atoms with Gasteiger partial charge >= 0.3 is 6.18 Å². The van der Waals surface area contributed by atoms with E-state index in [9.17, 15) is 28.1 Å². The Bertz CT molecular complexity index is 1200. The number of nitrogens with zero attached hydrogens (tertiary/aromatic N) is 4. The van der Waals surface area contributed by atoms with E-state index in [-0.39, 0.29) is 46.4 Å². The second kappa shape index (κ2) is 8.81. The highest BCUT2D eigenvalue weighted by atomic mass is 35.5. The number of hydrogen-bond acceptors (Lipinski definition) is 6. The quantitative estimate of drug-likeness (QED) is 0.369. The number of hydrogen-bond donors (Lipinski definition) is 0. The molecule has 8 nitrogen and oxygen atoms in total. The van der Waals surface area contributed by atoms with Crippen LogP contribution in [-0.4, -0.2) is 39.0 Å². The number of nitro groups is 1. The fourth-order valence-electron chi connectivity index (χ4n) is 3.65. The fraction of sp³-hybridized carbons (Fsp3) is 0.286. The van der Waals surface area contributed by atoms with Crippen LogP contribution in [0.15, 0.2) is 46.9 Å². The lowest BCUT2D eigenvalue weighted by Crippen LogP contribution is -2.39. The van der Waals surface area contributed by atoms with Crippen LogP contribution in [0.5, 0.6) is 0 Å². The number of amides is 1. The zero-order valence-electron chi connectivity index (χ0n) is 16.9. The van der Waals surface area contributed by atoms with Gasteiger partial charge in [-0.3, -0.25) is 14.9 Å². The molecule has 2 heterocycles. The second-order valence-corrected chi connectivity index (χ2v) is 7.94. The van der Waals surface area contributed by atoms with E-state index in [0.717, 1.165) is 18.2 Å². The average molecular weight is 481 g/mol. The Balaban J connectivity index is 1.49. The molecular weight excluding hydrogens is 465 g/mol. The maximum Gasteiger partial charge on any atom is 0.416 e. The Morgan fingerprint density at radius 2 is 1.91 bits per heavy atom. The monoisotopic (exact) mass is 480 g/mol. The maximum absolute atomic E-state index is 12.9. The molecule has 0 saturated carbocycles. The number of halogens is 4. The summed E-state index contributed by atoms with van der Waals surface area (Å²) >= 11 is 5.82. The van der Waals surface area contributed by atoms with Crippen LogP contribution < -0.4 is 0 Å². The third-order valence-corrected chi connectivity index (χ3v) is 5.67. The van der Waals surface area contributed by atoms with Gasteiger partial charge in [0.25, 0.3) is 11.6 Å². The molecule has 1 saturated heterocycles. The standard InChI is InChI=1S/C21H16ClF3N4O4/c22-16-8-5-13(10-17(16)29(31)32)20(30)28-9-1-2-14(11-28)19-27-26-18(33-19)12-3-6-15(7-4-12)21(23,24)25/h3-8,10,14H,1-2,9,11H2. The summed E-state index contributed by atoms with van der Waals surface area (Å²) in [5.41, 5.74) is -0.647. The number of benzene rings is 2. The molecule has 0 spiro atoms. The lowest BCUT2D eigenvalue weighted by Gasteiger charge is -2.31. The molecule has 3 aromatic rings. The Hall–Kier alpha value is -3.47. The van der Waals surface area contributed by atoms with Gasteiger partial charge in [0.05, 0.1) is 16.4 Å². The van der Waals surface area contributed by atoms with Crippen molar-refractivity contribution in [3.63, 3.8) is 0 Å². The third-order valence-electron chi connectivity index (χ3n) is 5.35. The molecule has 1 aromatic heterocycles. The Kier molecular flexibility index (Phi) is 6.07. The number of piperidine rings is 1. The number of alkyl halides is 3. The van der Waals surface area contributed by atoms with E-state index < -0.39 is 16.7 Å². The van der Waals surface area contributed by atoms with E-state index in [1.165, 1.54) is 24.3 Å². The van der Waals surface area contributed by atoms with Crippen LogP contribution in [0, 0.1) is 10.1 Å². The lowest BCUT2D eigenvalue weighted by molar-refractivity contribution is -0.384. The number of nitro benzene ring substituents is 1. The number of carbonyl (C=O) groups is 1. The van der Waals surface area contributed by atoms with E-state index in [1.54, 1.807) is 4.90 Å². The fourth-order valence-corrected chi connectivity index (χ4v) is 3.84. The van der Waals surface area contributed by atoms with Gasteiger partial charge in [0, 0.05) is 30.3 Å². The third kappa shape index (κ3) is 4.82. The van der Waals surface area contributed by atoms with E-state index in [2.05, 4.69) is 10.2 Å². The van der Waals surface area contributed by atoms with Crippen molar-refractivity contribution in [3.8, 4) is 11.5 Å².